The minimum atomic E-state index is -0.312. The highest BCUT2D eigenvalue weighted by Crippen LogP contribution is 2.19. The fourth-order valence-electron chi connectivity index (χ4n) is 2.39. The van der Waals surface area contributed by atoms with E-state index in [-0.39, 0.29) is 31.1 Å². The molecular weight excluding hydrogens is 270 g/mol. The number of hydrogen-bond acceptors (Lipinski definition) is 4. The van der Waals surface area contributed by atoms with Crippen LogP contribution in [0.3, 0.4) is 0 Å². The van der Waals surface area contributed by atoms with Crippen LogP contribution in [-0.2, 0) is 20.9 Å². The number of Topliss-reactive ketones (excluding diaryl/α,β-unsaturated/α-hetero) is 1. The number of ketones is 1. The molecule has 1 fully saturated rings. The van der Waals surface area contributed by atoms with Gasteiger partial charge in [0.25, 0.3) is 0 Å². The first-order valence-corrected chi connectivity index (χ1v) is 7.21. The molecule has 1 aromatic carbocycles. The van der Waals surface area contributed by atoms with Gasteiger partial charge in [-0.05, 0) is 25.3 Å². The minimum absolute atomic E-state index is 0.00706. The van der Waals surface area contributed by atoms with Gasteiger partial charge in [-0.3, -0.25) is 4.79 Å². The Hall–Kier alpha value is -1.88. The maximum Gasteiger partial charge on any atom is 0.410 e. The van der Waals surface area contributed by atoms with Crippen LogP contribution < -0.4 is 0 Å². The first kappa shape index (κ1) is 15.5. The molecule has 21 heavy (non-hydrogen) atoms. The quantitative estimate of drug-likeness (QED) is 0.807. The molecule has 2 rings (SSSR count). The van der Waals surface area contributed by atoms with Crippen LogP contribution in [0.25, 0.3) is 0 Å². The molecule has 0 N–H and O–H groups in total. The van der Waals surface area contributed by atoms with E-state index >= 15 is 0 Å². The third kappa shape index (κ3) is 4.86. The molecule has 0 bridgehead atoms. The number of amides is 1. The summed E-state index contributed by atoms with van der Waals surface area (Å²) in [6.45, 7) is 2.93. The number of rotatable bonds is 6. The summed E-state index contributed by atoms with van der Waals surface area (Å²) in [5, 5.41) is 0. The maximum absolute atomic E-state index is 12.1. The molecular formula is C16H21NO4. The average Bonchev–Trinajstić information content (AvgIpc) is 2.94. The second-order valence-corrected chi connectivity index (χ2v) is 5.25. The highest BCUT2D eigenvalue weighted by molar-refractivity contribution is 5.76. The van der Waals surface area contributed by atoms with Crippen molar-refractivity contribution in [2.24, 2.45) is 0 Å². The van der Waals surface area contributed by atoms with E-state index in [0.717, 1.165) is 18.4 Å². The van der Waals surface area contributed by atoms with Crippen LogP contribution in [0.2, 0.25) is 0 Å². The van der Waals surface area contributed by atoms with Gasteiger partial charge < -0.3 is 14.4 Å². The molecule has 1 aliphatic rings. The zero-order valence-corrected chi connectivity index (χ0v) is 12.3. The van der Waals surface area contributed by atoms with Crippen molar-refractivity contribution in [1.29, 1.82) is 0 Å². The van der Waals surface area contributed by atoms with Crippen molar-refractivity contribution < 1.29 is 19.1 Å². The standard InChI is InChI=1S/C16H21NO4/c1-13(18)10-20-12-15-8-5-9-17(15)16(19)21-11-14-6-3-2-4-7-14/h2-4,6-7,15H,5,8-12H2,1H3. The molecule has 0 spiro atoms. The Kier molecular flexibility index (Phi) is 5.75. The highest BCUT2D eigenvalue weighted by atomic mass is 16.6. The Morgan fingerprint density at radius 1 is 1.29 bits per heavy atom. The number of carbonyl (C=O) groups is 2. The van der Waals surface area contributed by atoms with E-state index in [9.17, 15) is 9.59 Å². The second-order valence-electron chi connectivity index (χ2n) is 5.25. The summed E-state index contributed by atoms with van der Waals surface area (Å²) >= 11 is 0. The fourth-order valence-corrected chi connectivity index (χ4v) is 2.39. The van der Waals surface area contributed by atoms with E-state index < -0.39 is 0 Å². The summed E-state index contributed by atoms with van der Waals surface area (Å²) in [6, 6.07) is 9.60. The predicted molar refractivity (Wildman–Crippen MR) is 77.9 cm³/mol. The number of nitrogens with zero attached hydrogens (tertiary/aromatic N) is 1. The van der Waals surface area contributed by atoms with Crippen molar-refractivity contribution in [3.63, 3.8) is 0 Å². The molecule has 5 nitrogen and oxygen atoms in total. The molecule has 1 aromatic rings. The molecule has 0 saturated carbocycles. The summed E-state index contributed by atoms with van der Waals surface area (Å²) in [5.41, 5.74) is 0.967. The number of carbonyl (C=O) groups excluding carboxylic acids is 2. The molecule has 114 valence electrons. The molecule has 1 unspecified atom stereocenters. The van der Waals surface area contributed by atoms with E-state index in [2.05, 4.69) is 0 Å². The normalized spacial score (nSPS) is 17.8. The smallest absolute Gasteiger partial charge is 0.410 e. The van der Waals surface area contributed by atoms with Crippen LogP contribution in [0.4, 0.5) is 4.79 Å². The SMILES string of the molecule is CC(=O)COCC1CCCN1C(=O)OCc1ccccc1. The van der Waals surface area contributed by atoms with Gasteiger partial charge in [0.1, 0.15) is 13.2 Å². The monoisotopic (exact) mass is 291 g/mol. The fraction of sp³-hybridized carbons (Fsp3) is 0.500. The summed E-state index contributed by atoms with van der Waals surface area (Å²) < 4.78 is 10.7. The van der Waals surface area contributed by atoms with E-state index in [1.165, 1.54) is 6.92 Å². The maximum atomic E-state index is 12.1. The van der Waals surface area contributed by atoms with Gasteiger partial charge in [0, 0.05) is 6.54 Å². The van der Waals surface area contributed by atoms with Crippen molar-refractivity contribution in [3.8, 4) is 0 Å². The predicted octanol–water partition coefficient (Wildman–Crippen LogP) is 2.39. The van der Waals surface area contributed by atoms with Gasteiger partial charge in [-0.15, -0.1) is 0 Å². The molecule has 1 atom stereocenters. The van der Waals surface area contributed by atoms with Gasteiger partial charge >= 0.3 is 6.09 Å². The lowest BCUT2D eigenvalue weighted by Crippen LogP contribution is -2.38. The Balaban J connectivity index is 1.78. The largest absolute Gasteiger partial charge is 0.445 e. The summed E-state index contributed by atoms with van der Waals surface area (Å²) in [5.74, 6) is -0.00815. The van der Waals surface area contributed by atoms with Gasteiger partial charge in [-0.2, -0.15) is 0 Å². The van der Waals surface area contributed by atoms with Gasteiger partial charge in [0.2, 0.25) is 0 Å². The Morgan fingerprint density at radius 2 is 2.05 bits per heavy atom. The van der Waals surface area contributed by atoms with Crippen molar-refractivity contribution in [3.05, 3.63) is 35.9 Å². The number of hydrogen-bond donors (Lipinski definition) is 0. The van der Waals surface area contributed by atoms with E-state index in [0.29, 0.717) is 13.2 Å². The summed E-state index contributed by atoms with van der Waals surface area (Å²) in [6.07, 6.45) is 1.51. The third-order valence-corrected chi connectivity index (χ3v) is 3.43. The molecule has 0 aliphatic carbocycles. The first-order chi connectivity index (χ1) is 10.2. The van der Waals surface area contributed by atoms with Crippen molar-refractivity contribution in [2.45, 2.75) is 32.4 Å². The molecule has 0 radical (unpaired) electrons. The minimum Gasteiger partial charge on any atom is -0.445 e. The molecule has 1 aliphatic heterocycles. The van der Waals surface area contributed by atoms with E-state index in [4.69, 9.17) is 9.47 Å². The number of likely N-dealkylation sites (tertiary alicyclic amines) is 1. The Morgan fingerprint density at radius 3 is 2.76 bits per heavy atom. The van der Waals surface area contributed by atoms with Gasteiger partial charge in [0.05, 0.1) is 12.6 Å². The van der Waals surface area contributed by atoms with Crippen LogP contribution in [0.1, 0.15) is 25.3 Å². The number of ether oxygens (including phenoxy) is 2. The van der Waals surface area contributed by atoms with Gasteiger partial charge in [0.15, 0.2) is 5.78 Å². The molecule has 0 aromatic heterocycles. The van der Waals surface area contributed by atoms with Crippen LogP contribution in [0.15, 0.2) is 30.3 Å². The van der Waals surface area contributed by atoms with E-state index in [1.807, 2.05) is 30.3 Å². The van der Waals surface area contributed by atoms with Gasteiger partial charge in [-0.25, -0.2) is 4.79 Å². The Labute approximate surface area is 124 Å². The highest BCUT2D eigenvalue weighted by Gasteiger charge is 2.30. The zero-order chi connectivity index (χ0) is 15.1. The molecule has 5 heteroatoms. The second kappa shape index (κ2) is 7.78. The van der Waals surface area contributed by atoms with Gasteiger partial charge in [-0.1, -0.05) is 30.3 Å². The first-order valence-electron chi connectivity index (χ1n) is 7.21. The lowest BCUT2D eigenvalue weighted by molar-refractivity contribution is -0.121. The van der Waals surface area contributed by atoms with Crippen LogP contribution >= 0.6 is 0 Å². The van der Waals surface area contributed by atoms with Crippen molar-refractivity contribution in [1.82, 2.24) is 4.90 Å². The van der Waals surface area contributed by atoms with Crippen LogP contribution in [0, 0.1) is 0 Å². The van der Waals surface area contributed by atoms with Crippen LogP contribution in [-0.4, -0.2) is 42.6 Å². The average molecular weight is 291 g/mol. The van der Waals surface area contributed by atoms with E-state index in [1.54, 1.807) is 4.90 Å². The molecule has 1 amide bonds. The molecule has 1 saturated heterocycles. The third-order valence-electron chi connectivity index (χ3n) is 3.43. The Bertz CT molecular complexity index is 474. The molecule has 1 heterocycles. The lowest BCUT2D eigenvalue weighted by Gasteiger charge is -2.23. The van der Waals surface area contributed by atoms with Crippen molar-refractivity contribution in [2.75, 3.05) is 19.8 Å². The topological polar surface area (TPSA) is 55.8 Å². The number of benzene rings is 1. The lowest BCUT2D eigenvalue weighted by atomic mass is 10.2. The zero-order valence-electron chi connectivity index (χ0n) is 12.3. The summed E-state index contributed by atoms with van der Waals surface area (Å²) in [7, 11) is 0. The van der Waals surface area contributed by atoms with Crippen LogP contribution in [0.5, 0.6) is 0 Å². The van der Waals surface area contributed by atoms with Crippen molar-refractivity contribution >= 4 is 11.9 Å². The summed E-state index contributed by atoms with van der Waals surface area (Å²) in [4.78, 5) is 24.7.